The Hall–Kier alpha value is -2.01. The number of rotatable bonds is 4. The van der Waals surface area contributed by atoms with Crippen molar-refractivity contribution < 1.29 is 9.50 Å². The number of aryl methyl sites for hydroxylation is 1. The molecule has 1 aliphatic carbocycles. The number of aliphatic hydroxyl groups is 1. The van der Waals surface area contributed by atoms with Crippen LogP contribution in [0.4, 0.5) is 10.3 Å². The average Bonchev–Trinajstić information content (AvgIpc) is 3.07. The van der Waals surface area contributed by atoms with E-state index in [0.717, 1.165) is 43.0 Å². The monoisotopic (exact) mass is 327 g/mol. The molecular weight excluding hydrogens is 305 g/mol. The van der Waals surface area contributed by atoms with Gasteiger partial charge in [-0.25, -0.2) is 14.4 Å². The lowest BCUT2D eigenvalue weighted by Crippen LogP contribution is -2.46. The van der Waals surface area contributed by atoms with Gasteiger partial charge in [-0.05, 0) is 38.2 Å². The number of alkyl halides is 1. The van der Waals surface area contributed by atoms with Crippen LogP contribution in [0.2, 0.25) is 0 Å². The maximum absolute atomic E-state index is 12.6. The molecule has 4 rings (SSSR count). The molecule has 1 N–H and O–H groups in total. The third kappa shape index (κ3) is 2.57. The van der Waals surface area contributed by atoms with Gasteiger partial charge in [0.05, 0.1) is 5.69 Å². The van der Waals surface area contributed by atoms with Crippen LogP contribution in [0.5, 0.6) is 0 Å². The highest BCUT2D eigenvalue weighted by atomic mass is 19.1. The molecule has 1 aromatic carbocycles. The van der Waals surface area contributed by atoms with Crippen molar-refractivity contribution in [2.45, 2.75) is 44.8 Å². The van der Waals surface area contributed by atoms with E-state index in [-0.39, 0.29) is 0 Å². The molecule has 1 fully saturated rings. The Morgan fingerprint density at radius 1 is 1.25 bits per heavy atom. The van der Waals surface area contributed by atoms with Gasteiger partial charge >= 0.3 is 0 Å². The van der Waals surface area contributed by atoms with Gasteiger partial charge in [0.2, 0.25) is 5.95 Å². The van der Waals surface area contributed by atoms with Gasteiger partial charge in [-0.15, -0.1) is 0 Å². The van der Waals surface area contributed by atoms with E-state index in [9.17, 15) is 9.50 Å². The molecule has 2 aromatic rings. The number of benzene rings is 1. The molecule has 2 heterocycles. The predicted molar refractivity (Wildman–Crippen MR) is 91.9 cm³/mol. The maximum atomic E-state index is 12.6. The summed E-state index contributed by atoms with van der Waals surface area (Å²) in [4.78, 5) is 11.9. The van der Waals surface area contributed by atoms with Gasteiger partial charge in [0.25, 0.3) is 0 Å². The predicted octanol–water partition coefficient (Wildman–Crippen LogP) is 3.23. The number of halogens is 1. The molecular formula is C19H22FN3O. The lowest BCUT2D eigenvalue weighted by atomic mass is 10.0. The average molecular weight is 327 g/mol. The van der Waals surface area contributed by atoms with Crippen LogP contribution in [0.25, 0.3) is 11.3 Å². The first-order chi connectivity index (χ1) is 11.7. The van der Waals surface area contributed by atoms with E-state index in [1.54, 1.807) is 12.1 Å². The Morgan fingerprint density at radius 3 is 2.67 bits per heavy atom. The minimum atomic E-state index is -1.05. The van der Waals surface area contributed by atoms with Crippen LogP contribution in [0.15, 0.2) is 24.3 Å². The Balaban J connectivity index is 1.74. The molecule has 0 amide bonds. The van der Waals surface area contributed by atoms with Crippen molar-refractivity contribution in [1.29, 1.82) is 0 Å². The Bertz CT molecular complexity index is 747. The summed E-state index contributed by atoms with van der Waals surface area (Å²) >= 11 is 0. The van der Waals surface area contributed by atoms with Crippen molar-refractivity contribution in [1.82, 2.24) is 9.97 Å². The molecule has 0 spiro atoms. The highest BCUT2D eigenvalue weighted by molar-refractivity contribution is 5.67. The maximum Gasteiger partial charge on any atom is 0.226 e. The van der Waals surface area contributed by atoms with Gasteiger partial charge < -0.3 is 10.0 Å². The molecule has 0 bridgehead atoms. The second kappa shape index (κ2) is 6.13. The summed E-state index contributed by atoms with van der Waals surface area (Å²) in [7, 11) is 0. The minimum absolute atomic E-state index is 0.499. The molecule has 24 heavy (non-hydrogen) atoms. The number of hydrogen-bond acceptors (Lipinski definition) is 4. The lowest BCUT2D eigenvalue weighted by molar-refractivity contribution is 0.142. The standard InChI is InChI=1S/C19H22FN3O/c1-12-9-10-23(12)19-21-16-4-2-3-15(16)18(22-19)14-7-5-13(6-8-14)17(24)11-20/h5-8,12,17,24H,2-4,9-11H2,1H3/t12-,17?/m0/s1. The van der Waals surface area contributed by atoms with Crippen LogP contribution in [0, 0.1) is 0 Å². The molecule has 2 aliphatic rings. The summed E-state index contributed by atoms with van der Waals surface area (Å²) in [5.74, 6) is 0.831. The summed E-state index contributed by atoms with van der Waals surface area (Å²) in [5, 5.41) is 9.62. The van der Waals surface area contributed by atoms with E-state index in [2.05, 4.69) is 11.8 Å². The van der Waals surface area contributed by atoms with Gasteiger partial charge in [-0.1, -0.05) is 24.3 Å². The fourth-order valence-electron chi connectivity index (χ4n) is 3.55. The molecule has 126 valence electrons. The molecule has 1 aromatic heterocycles. The smallest absolute Gasteiger partial charge is 0.226 e. The molecule has 2 atom stereocenters. The van der Waals surface area contributed by atoms with Crippen molar-refractivity contribution in [2.24, 2.45) is 0 Å². The fourth-order valence-corrected chi connectivity index (χ4v) is 3.55. The van der Waals surface area contributed by atoms with Gasteiger partial charge in [-0.3, -0.25) is 0 Å². The third-order valence-electron chi connectivity index (χ3n) is 5.21. The summed E-state index contributed by atoms with van der Waals surface area (Å²) < 4.78 is 12.6. The number of nitrogens with zero attached hydrogens (tertiary/aromatic N) is 3. The highest BCUT2D eigenvalue weighted by Gasteiger charge is 2.29. The number of aliphatic hydroxyl groups excluding tert-OH is 1. The largest absolute Gasteiger partial charge is 0.386 e. The van der Waals surface area contributed by atoms with Crippen molar-refractivity contribution in [3.8, 4) is 11.3 Å². The van der Waals surface area contributed by atoms with Crippen LogP contribution in [0.1, 0.15) is 42.7 Å². The number of aromatic nitrogens is 2. The van der Waals surface area contributed by atoms with Gasteiger partial charge in [0, 0.05) is 29.4 Å². The zero-order valence-electron chi connectivity index (χ0n) is 13.9. The first-order valence-electron chi connectivity index (χ1n) is 8.68. The van der Waals surface area contributed by atoms with E-state index >= 15 is 0 Å². The van der Waals surface area contributed by atoms with Gasteiger partial charge in [0.1, 0.15) is 12.8 Å². The zero-order valence-corrected chi connectivity index (χ0v) is 13.9. The van der Waals surface area contributed by atoms with Crippen molar-refractivity contribution >= 4 is 5.95 Å². The number of anilines is 1. The fraction of sp³-hybridized carbons (Fsp3) is 0.474. The molecule has 0 saturated carbocycles. The summed E-state index contributed by atoms with van der Waals surface area (Å²) in [6, 6.07) is 7.93. The Labute approximate surface area is 141 Å². The normalized spacial score (nSPS) is 20.6. The van der Waals surface area contributed by atoms with Crippen LogP contribution < -0.4 is 4.90 Å². The van der Waals surface area contributed by atoms with E-state index in [1.165, 1.54) is 17.7 Å². The molecule has 1 saturated heterocycles. The molecule has 5 heteroatoms. The van der Waals surface area contributed by atoms with Crippen LogP contribution in [0.3, 0.4) is 0 Å². The topological polar surface area (TPSA) is 49.2 Å². The second-order valence-electron chi connectivity index (χ2n) is 6.77. The van der Waals surface area contributed by atoms with E-state index in [4.69, 9.17) is 9.97 Å². The molecule has 1 unspecified atom stereocenters. The second-order valence-corrected chi connectivity index (χ2v) is 6.77. The first kappa shape index (κ1) is 15.5. The zero-order chi connectivity index (χ0) is 16.7. The van der Waals surface area contributed by atoms with Crippen molar-refractivity contribution in [2.75, 3.05) is 18.1 Å². The minimum Gasteiger partial charge on any atom is -0.386 e. The van der Waals surface area contributed by atoms with E-state index < -0.39 is 12.8 Å². The van der Waals surface area contributed by atoms with E-state index in [0.29, 0.717) is 11.6 Å². The Kier molecular flexibility index (Phi) is 3.96. The Morgan fingerprint density at radius 2 is 2.04 bits per heavy atom. The molecule has 1 aliphatic heterocycles. The highest BCUT2D eigenvalue weighted by Crippen LogP contribution is 2.34. The van der Waals surface area contributed by atoms with E-state index in [1.807, 2.05) is 12.1 Å². The van der Waals surface area contributed by atoms with Crippen molar-refractivity contribution in [3.63, 3.8) is 0 Å². The SMILES string of the molecule is C[C@H]1CCN1c1nc2c(c(-c3ccc(C(O)CF)cc3)n1)CCC2. The van der Waals surface area contributed by atoms with Crippen LogP contribution in [-0.2, 0) is 12.8 Å². The van der Waals surface area contributed by atoms with Crippen molar-refractivity contribution in [3.05, 3.63) is 41.1 Å². The van der Waals surface area contributed by atoms with Crippen LogP contribution >= 0.6 is 0 Å². The number of fused-ring (bicyclic) bond motifs is 1. The van der Waals surface area contributed by atoms with Gasteiger partial charge in [0.15, 0.2) is 0 Å². The molecule has 0 radical (unpaired) electrons. The number of hydrogen-bond donors (Lipinski definition) is 1. The third-order valence-corrected chi connectivity index (χ3v) is 5.21. The van der Waals surface area contributed by atoms with Crippen LogP contribution in [-0.4, -0.2) is 34.3 Å². The lowest BCUT2D eigenvalue weighted by Gasteiger charge is -2.39. The summed E-state index contributed by atoms with van der Waals surface area (Å²) in [6.45, 7) is 2.45. The molecule has 4 nitrogen and oxygen atoms in total. The van der Waals surface area contributed by atoms with Gasteiger partial charge in [-0.2, -0.15) is 0 Å². The summed E-state index contributed by atoms with van der Waals surface area (Å²) in [5.41, 5.74) is 5.02. The quantitative estimate of drug-likeness (QED) is 0.937. The summed E-state index contributed by atoms with van der Waals surface area (Å²) in [6.07, 6.45) is 3.28. The first-order valence-corrected chi connectivity index (χ1v) is 8.68.